The molecule has 244 valence electrons. The predicted molar refractivity (Wildman–Crippen MR) is 215 cm³/mol. The zero-order valence-electron chi connectivity index (χ0n) is 28.4. The van der Waals surface area contributed by atoms with Crippen LogP contribution in [0.2, 0.25) is 0 Å². The number of nitrogen functional groups attached to an aromatic ring is 1. The smallest absolute Gasteiger partial charge is 0.0951 e. The highest BCUT2D eigenvalue weighted by Crippen LogP contribution is 2.38. The van der Waals surface area contributed by atoms with Gasteiger partial charge >= 0.3 is 0 Å². The van der Waals surface area contributed by atoms with Gasteiger partial charge in [0.15, 0.2) is 0 Å². The third-order valence-corrected chi connectivity index (χ3v) is 9.49. The van der Waals surface area contributed by atoms with Crippen molar-refractivity contribution in [2.24, 2.45) is 0 Å². The molecule has 0 aliphatic heterocycles. The fourth-order valence-corrected chi connectivity index (χ4v) is 6.66. The van der Waals surface area contributed by atoms with Gasteiger partial charge in [0.2, 0.25) is 0 Å². The van der Waals surface area contributed by atoms with E-state index in [2.05, 4.69) is 159 Å². The Hall–Kier alpha value is -6.58. The Morgan fingerprint density at radius 1 is 0.471 bits per heavy atom. The van der Waals surface area contributed by atoms with Gasteiger partial charge in [0.25, 0.3) is 0 Å². The molecule has 0 aliphatic rings. The van der Waals surface area contributed by atoms with Crippen LogP contribution in [0.15, 0.2) is 182 Å². The van der Waals surface area contributed by atoms with Crippen LogP contribution in [0.4, 0.5) is 5.69 Å². The topological polar surface area (TPSA) is 51.8 Å². The molecule has 8 rings (SSSR count). The summed E-state index contributed by atoms with van der Waals surface area (Å²) in [5.41, 5.74) is 21.0. The van der Waals surface area contributed by atoms with Gasteiger partial charge in [-0.3, -0.25) is 0 Å². The van der Waals surface area contributed by atoms with Crippen molar-refractivity contribution in [2.45, 2.75) is 12.8 Å². The molecule has 2 aromatic heterocycles. The number of fused-ring (bicyclic) bond motifs is 1. The molecule has 0 amide bonds. The Kier molecular flexibility index (Phi) is 8.76. The lowest BCUT2D eigenvalue weighted by molar-refractivity contribution is 0.973. The number of benzene rings is 6. The van der Waals surface area contributed by atoms with Gasteiger partial charge < -0.3 is 5.73 Å². The molecule has 1 unspecified atom stereocenters. The van der Waals surface area contributed by atoms with E-state index in [-0.39, 0.29) is 5.92 Å². The number of aromatic nitrogens is 2. The van der Waals surface area contributed by atoms with Crippen molar-refractivity contribution < 1.29 is 0 Å². The molecule has 0 fully saturated rings. The van der Waals surface area contributed by atoms with Crippen LogP contribution in [-0.4, -0.2) is 9.97 Å². The number of rotatable bonds is 8. The lowest BCUT2D eigenvalue weighted by Crippen LogP contribution is -1.98. The van der Waals surface area contributed by atoms with Crippen LogP contribution in [0.5, 0.6) is 0 Å². The summed E-state index contributed by atoms with van der Waals surface area (Å²) in [4.78, 5) is 10.4. The molecule has 0 radical (unpaired) electrons. The van der Waals surface area contributed by atoms with Crippen molar-refractivity contribution in [2.75, 3.05) is 5.73 Å². The maximum atomic E-state index is 6.98. The highest BCUT2D eigenvalue weighted by atomic mass is 14.7. The van der Waals surface area contributed by atoms with Crippen molar-refractivity contribution in [3.63, 3.8) is 0 Å². The minimum absolute atomic E-state index is 0.250. The maximum Gasteiger partial charge on any atom is 0.0951 e. The number of hydrogen-bond donors (Lipinski definition) is 1. The van der Waals surface area contributed by atoms with Gasteiger partial charge in [-0.15, -0.1) is 0 Å². The molecule has 0 aliphatic carbocycles. The predicted octanol–water partition coefficient (Wildman–Crippen LogP) is 12.4. The van der Waals surface area contributed by atoms with Crippen LogP contribution >= 0.6 is 0 Å². The van der Waals surface area contributed by atoms with E-state index in [1.807, 2.05) is 36.4 Å². The van der Waals surface area contributed by atoms with Crippen molar-refractivity contribution in [3.05, 3.63) is 193 Å². The monoisotopic (exact) mass is 655 g/mol. The standard InChI is InChI=1S/C48H37N3/c1-33(34-15-6-2-7-16-34)25-26-38-27-28-42-43(32-46(51-48(42)47(38)49)37-21-12-5-13-22-37)39-23-14-24-40(29-39)45-31-41(35-17-8-3-9-18-35)30-44(50-45)36-19-10-4-11-20-36/h2-33H,49H2,1H3/b26-25-. The summed E-state index contributed by atoms with van der Waals surface area (Å²) in [6.45, 7) is 2.20. The van der Waals surface area contributed by atoms with Gasteiger partial charge in [-0.2, -0.15) is 0 Å². The van der Waals surface area contributed by atoms with Gasteiger partial charge in [0, 0.05) is 22.1 Å². The van der Waals surface area contributed by atoms with Crippen molar-refractivity contribution in [1.82, 2.24) is 9.97 Å². The van der Waals surface area contributed by atoms with E-state index < -0.39 is 0 Å². The first-order valence-corrected chi connectivity index (χ1v) is 17.4. The van der Waals surface area contributed by atoms with Gasteiger partial charge in [0.05, 0.1) is 28.3 Å². The molecule has 1 atom stereocenters. The second-order valence-electron chi connectivity index (χ2n) is 12.9. The van der Waals surface area contributed by atoms with Crippen LogP contribution in [0.25, 0.3) is 73.0 Å². The summed E-state index contributed by atoms with van der Waals surface area (Å²) in [6.07, 6.45) is 4.33. The molecule has 2 N–H and O–H groups in total. The average molecular weight is 656 g/mol. The van der Waals surface area contributed by atoms with Gasteiger partial charge in [-0.25, -0.2) is 9.97 Å². The Bertz CT molecular complexity index is 2410. The van der Waals surface area contributed by atoms with Gasteiger partial charge in [-0.05, 0) is 63.6 Å². The molecule has 0 saturated carbocycles. The van der Waals surface area contributed by atoms with Gasteiger partial charge in [-0.1, -0.05) is 171 Å². The summed E-state index contributed by atoms with van der Waals surface area (Å²) in [5, 5.41) is 1.01. The molecule has 51 heavy (non-hydrogen) atoms. The summed E-state index contributed by atoms with van der Waals surface area (Å²) in [6, 6.07) is 61.2. The second kappa shape index (κ2) is 14.1. The van der Waals surface area contributed by atoms with Crippen molar-refractivity contribution >= 4 is 22.7 Å². The van der Waals surface area contributed by atoms with Gasteiger partial charge in [0.1, 0.15) is 0 Å². The number of allylic oxidation sites excluding steroid dienone is 1. The number of nitrogens with zero attached hydrogens (tertiary/aromatic N) is 2. The summed E-state index contributed by atoms with van der Waals surface area (Å²) >= 11 is 0. The summed E-state index contributed by atoms with van der Waals surface area (Å²) in [5.74, 6) is 0.250. The number of anilines is 1. The molecule has 6 aromatic carbocycles. The van der Waals surface area contributed by atoms with Crippen LogP contribution in [0, 0.1) is 0 Å². The van der Waals surface area contributed by atoms with E-state index in [1.54, 1.807) is 0 Å². The second-order valence-corrected chi connectivity index (χ2v) is 12.9. The summed E-state index contributed by atoms with van der Waals surface area (Å²) in [7, 11) is 0. The lowest BCUT2D eigenvalue weighted by Gasteiger charge is -2.15. The Morgan fingerprint density at radius 2 is 1.00 bits per heavy atom. The minimum atomic E-state index is 0.250. The molecule has 0 spiro atoms. The average Bonchev–Trinajstić information content (AvgIpc) is 3.21. The Morgan fingerprint density at radius 3 is 1.65 bits per heavy atom. The SMILES string of the molecule is CC(/C=C\c1ccc2c(-c3cccc(-c4cc(-c5ccccc5)cc(-c5ccccc5)n4)c3)cc(-c3ccccc3)nc2c1N)c1ccccc1. The molecule has 3 nitrogen and oxygen atoms in total. The van der Waals surface area contributed by atoms with Crippen LogP contribution in [0.3, 0.4) is 0 Å². The Balaban J connectivity index is 1.26. The van der Waals surface area contributed by atoms with Crippen LogP contribution in [0.1, 0.15) is 24.0 Å². The number of nitrogens with two attached hydrogens (primary N) is 1. The molecule has 3 heteroatoms. The normalized spacial score (nSPS) is 11.9. The fraction of sp³-hybridized carbons (Fsp3) is 0.0417. The summed E-state index contributed by atoms with van der Waals surface area (Å²) < 4.78 is 0. The zero-order valence-corrected chi connectivity index (χ0v) is 28.4. The third kappa shape index (κ3) is 6.70. The van der Waals surface area contributed by atoms with E-state index in [1.165, 1.54) is 5.56 Å². The minimum Gasteiger partial charge on any atom is -0.396 e. The first-order valence-electron chi connectivity index (χ1n) is 17.4. The van der Waals surface area contributed by atoms with E-state index >= 15 is 0 Å². The lowest BCUT2D eigenvalue weighted by atomic mass is 9.94. The quantitative estimate of drug-likeness (QED) is 0.166. The first-order chi connectivity index (χ1) is 25.1. The zero-order chi connectivity index (χ0) is 34.6. The molecular formula is C48H37N3. The first kappa shape index (κ1) is 31.7. The molecule has 2 heterocycles. The van der Waals surface area contributed by atoms with Crippen molar-refractivity contribution in [3.8, 4) is 56.0 Å². The largest absolute Gasteiger partial charge is 0.396 e. The molecule has 0 bridgehead atoms. The Labute approximate surface area is 299 Å². The molecular weight excluding hydrogens is 619 g/mol. The van der Waals surface area contributed by atoms with E-state index in [0.29, 0.717) is 5.69 Å². The third-order valence-electron chi connectivity index (χ3n) is 9.49. The van der Waals surface area contributed by atoms with E-state index in [9.17, 15) is 0 Å². The number of hydrogen-bond acceptors (Lipinski definition) is 3. The van der Waals surface area contributed by atoms with Crippen LogP contribution in [-0.2, 0) is 0 Å². The van der Waals surface area contributed by atoms with Crippen LogP contribution < -0.4 is 5.73 Å². The maximum absolute atomic E-state index is 6.98. The van der Waals surface area contributed by atoms with E-state index in [0.717, 1.165) is 72.5 Å². The van der Waals surface area contributed by atoms with E-state index in [4.69, 9.17) is 15.7 Å². The number of pyridine rings is 2. The highest BCUT2D eigenvalue weighted by molar-refractivity contribution is 6.04. The fourth-order valence-electron chi connectivity index (χ4n) is 6.66. The van der Waals surface area contributed by atoms with Crippen molar-refractivity contribution in [1.29, 1.82) is 0 Å². The molecule has 8 aromatic rings. The highest BCUT2D eigenvalue weighted by Gasteiger charge is 2.16. The molecule has 0 saturated heterocycles.